The van der Waals surface area contributed by atoms with E-state index in [1.54, 1.807) is 0 Å². The number of thiophene rings is 1. The molecule has 0 bridgehead atoms. The van der Waals surface area contributed by atoms with Gasteiger partial charge in [-0.2, -0.15) is 9.97 Å². The van der Waals surface area contributed by atoms with Crippen LogP contribution in [0.25, 0.3) is 98.2 Å². The van der Waals surface area contributed by atoms with Crippen LogP contribution in [0.3, 0.4) is 0 Å². The molecule has 0 radical (unpaired) electrons. The highest BCUT2D eigenvalue weighted by molar-refractivity contribution is 7.26. The summed E-state index contributed by atoms with van der Waals surface area (Å²) >= 11 is 1.83. The van der Waals surface area contributed by atoms with Crippen LogP contribution in [0, 0.1) is 0 Å². The third kappa shape index (κ3) is 4.24. The zero-order valence-corrected chi connectivity index (χ0v) is 28.0. The van der Waals surface area contributed by atoms with Crippen molar-refractivity contribution >= 4 is 75.1 Å². The molecular weight excluding hydrogens is 643 g/mol. The molecular formula is C45H27N5S. The molecule has 0 aliphatic heterocycles. The molecule has 0 saturated carbocycles. The molecule has 0 fully saturated rings. The Kier molecular flexibility index (Phi) is 6.05. The first kappa shape index (κ1) is 28.2. The Labute approximate surface area is 296 Å². The lowest BCUT2D eigenvalue weighted by atomic mass is 10.1. The lowest BCUT2D eigenvalue weighted by Crippen LogP contribution is -2.06. The van der Waals surface area contributed by atoms with Gasteiger partial charge in [-0.05, 0) is 36.4 Å². The molecule has 0 amide bonds. The van der Waals surface area contributed by atoms with Crippen molar-refractivity contribution in [1.82, 2.24) is 24.1 Å². The normalized spacial score (nSPS) is 11.9. The monoisotopic (exact) mass is 669 g/mol. The fourth-order valence-corrected chi connectivity index (χ4v) is 8.94. The Bertz CT molecular complexity index is 3060. The maximum absolute atomic E-state index is 5.27. The van der Waals surface area contributed by atoms with E-state index in [9.17, 15) is 0 Å². The van der Waals surface area contributed by atoms with Gasteiger partial charge in [-0.15, -0.1) is 11.3 Å². The van der Waals surface area contributed by atoms with Gasteiger partial charge < -0.3 is 4.57 Å². The molecule has 7 aromatic carbocycles. The van der Waals surface area contributed by atoms with E-state index in [4.69, 9.17) is 15.0 Å². The van der Waals surface area contributed by atoms with E-state index in [0.29, 0.717) is 17.6 Å². The Hall–Kier alpha value is -6.63. The van der Waals surface area contributed by atoms with Crippen molar-refractivity contribution in [2.75, 3.05) is 0 Å². The first-order valence-electron chi connectivity index (χ1n) is 17.0. The Morgan fingerprint density at radius 3 is 1.69 bits per heavy atom. The maximum Gasteiger partial charge on any atom is 0.238 e. The zero-order valence-electron chi connectivity index (χ0n) is 27.2. The predicted octanol–water partition coefficient (Wildman–Crippen LogP) is 11.8. The lowest BCUT2D eigenvalue weighted by molar-refractivity contribution is 0.955. The second-order valence-corrected chi connectivity index (χ2v) is 13.9. The van der Waals surface area contributed by atoms with Gasteiger partial charge in [0.15, 0.2) is 11.6 Å². The van der Waals surface area contributed by atoms with E-state index in [-0.39, 0.29) is 0 Å². The molecule has 4 heterocycles. The molecule has 0 saturated heterocycles. The highest BCUT2D eigenvalue weighted by Crippen LogP contribution is 2.45. The zero-order chi connectivity index (χ0) is 33.5. The van der Waals surface area contributed by atoms with E-state index in [2.05, 4.69) is 137 Å². The van der Waals surface area contributed by atoms with Crippen LogP contribution in [0.2, 0.25) is 0 Å². The Morgan fingerprint density at radius 1 is 0.392 bits per heavy atom. The summed E-state index contributed by atoms with van der Waals surface area (Å²) in [5.41, 5.74) is 7.47. The molecule has 0 aliphatic rings. The summed E-state index contributed by atoms with van der Waals surface area (Å²) in [6.45, 7) is 0. The van der Waals surface area contributed by atoms with E-state index in [1.807, 2.05) is 47.7 Å². The number of nitrogens with zero attached hydrogens (tertiary/aromatic N) is 5. The highest BCUT2D eigenvalue weighted by Gasteiger charge is 2.23. The maximum atomic E-state index is 5.27. The average Bonchev–Trinajstić information content (AvgIpc) is 3.85. The fourth-order valence-electron chi connectivity index (χ4n) is 7.70. The molecule has 0 unspecified atom stereocenters. The van der Waals surface area contributed by atoms with Crippen molar-refractivity contribution in [3.63, 3.8) is 0 Å². The van der Waals surface area contributed by atoms with Crippen LogP contribution < -0.4 is 0 Å². The fraction of sp³-hybridized carbons (Fsp3) is 0. The van der Waals surface area contributed by atoms with Crippen LogP contribution in [0.5, 0.6) is 0 Å². The highest BCUT2D eigenvalue weighted by atomic mass is 32.1. The van der Waals surface area contributed by atoms with Crippen LogP contribution >= 0.6 is 11.3 Å². The SMILES string of the molecule is c1ccc(-c2nc(-c3ccccc3)nc(-n3c4cc5c(cc4c4ccc6c7ccccc7sc6c43)c3ccccc3n5-c3ccccc3)n2)cc1. The van der Waals surface area contributed by atoms with Gasteiger partial charge in [0.2, 0.25) is 5.95 Å². The number of rotatable bonds is 4. The number of fused-ring (bicyclic) bond motifs is 10. The largest absolute Gasteiger partial charge is 0.309 e. The van der Waals surface area contributed by atoms with Gasteiger partial charge in [-0.1, -0.05) is 127 Å². The second kappa shape index (κ2) is 10.9. The van der Waals surface area contributed by atoms with E-state index in [0.717, 1.165) is 38.8 Å². The van der Waals surface area contributed by atoms with Gasteiger partial charge in [0.05, 0.1) is 26.8 Å². The quantitative estimate of drug-likeness (QED) is 0.187. The number of para-hydroxylation sites is 2. The second-order valence-electron chi connectivity index (χ2n) is 12.9. The van der Waals surface area contributed by atoms with Crippen LogP contribution in [0.1, 0.15) is 0 Å². The average molecular weight is 670 g/mol. The van der Waals surface area contributed by atoms with Crippen molar-refractivity contribution in [2.45, 2.75) is 0 Å². The molecule has 0 spiro atoms. The summed E-state index contributed by atoms with van der Waals surface area (Å²) in [4.78, 5) is 15.6. The molecule has 6 heteroatoms. The van der Waals surface area contributed by atoms with Gasteiger partial charge in [-0.3, -0.25) is 4.57 Å². The number of hydrogen-bond donors (Lipinski definition) is 0. The molecule has 0 atom stereocenters. The van der Waals surface area contributed by atoms with Crippen molar-refractivity contribution < 1.29 is 0 Å². The number of hydrogen-bond acceptors (Lipinski definition) is 4. The van der Waals surface area contributed by atoms with E-state index < -0.39 is 0 Å². The van der Waals surface area contributed by atoms with Crippen LogP contribution in [-0.2, 0) is 0 Å². The van der Waals surface area contributed by atoms with Crippen LogP contribution in [0.15, 0.2) is 164 Å². The smallest absolute Gasteiger partial charge is 0.238 e. The number of benzene rings is 7. The summed E-state index contributed by atoms with van der Waals surface area (Å²) in [6.07, 6.45) is 0. The minimum Gasteiger partial charge on any atom is -0.309 e. The van der Waals surface area contributed by atoms with Crippen molar-refractivity contribution in [1.29, 1.82) is 0 Å². The minimum atomic E-state index is 0.592. The molecule has 11 rings (SSSR count). The van der Waals surface area contributed by atoms with Crippen molar-refractivity contribution in [3.8, 4) is 34.4 Å². The van der Waals surface area contributed by atoms with Crippen LogP contribution in [0.4, 0.5) is 0 Å². The molecule has 0 N–H and O–H groups in total. The lowest BCUT2D eigenvalue weighted by Gasteiger charge is -2.12. The molecule has 11 aromatic rings. The van der Waals surface area contributed by atoms with Gasteiger partial charge in [-0.25, -0.2) is 4.98 Å². The Balaban J connectivity index is 1.33. The third-order valence-corrected chi connectivity index (χ3v) is 11.2. The van der Waals surface area contributed by atoms with Gasteiger partial charge in [0.1, 0.15) is 0 Å². The van der Waals surface area contributed by atoms with Gasteiger partial charge in [0.25, 0.3) is 0 Å². The summed E-state index contributed by atoms with van der Waals surface area (Å²) in [5, 5.41) is 7.26. The van der Waals surface area contributed by atoms with E-state index in [1.165, 1.54) is 41.8 Å². The van der Waals surface area contributed by atoms with Gasteiger partial charge in [0, 0.05) is 53.8 Å². The summed E-state index contributed by atoms with van der Waals surface area (Å²) < 4.78 is 7.14. The molecule has 51 heavy (non-hydrogen) atoms. The van der Waals surface area contributed by atoms with Gasteiger partial charge >= 0.3 is 0 Å². The predicted molar refractivity (Wildman–Crippen MR) is 212 cm³/mol. The minimum absolute atomic E-state index is 0.592. The first-order valence-corrected chi connectivity index (χ1v) is 17.9. The number of aromatic nitrogens is 5. The standard InChI is InChI=1S/C45H27N5S/c1-4-14-28(15-5-1)43-46-44(29-16-6-2-7-17-29)48-45(47-43)50-39-27-38-35(31-20-10-12-22-37(31)49(38)30-18-8-3-9-19-30)26-36(39)33-24-25-34-32-21-11-13-23-40(32)51-42(34)41(33)50/h1-27H. The summed E-state index contributed by atoms with van der Waals surface area (Å²) in [6, 6.07) is 57.7. The van der Waals surface area contributed by atoms with E-state index >= 15 is 0 Å². The molecule has 5 nitrogen and oxygen atoms in total. The summed E-state index contributed by atoms with van der Waals surface area (Å²) in [5.74, 6) is 1.87. The molecule has 238 valence electrons. The molecule has 0 aliphatic carbocycles. The first-order chi connectivity index (χ1) is 25.3. The third-order valence-electron chi connectivity index (χ3n) is 9.97. The summed E-state index contributed by atoms with van der Waals surface area (Å²) in [7, 11) is 0. The van der Waals surface area contributed by atoms with Crippen LogP contribution in [-0.4, -0.2) is 24.1 Å². The Morgan fingerprint density at radius 2 is 0.961 bits per heavy atom. The van der Waals surface area contributed by atoms with Crippen molar-refractivity contribution in [2.24, 2.45) is 0 Å². The topological polar surface area (TPSA) is 48.5 Å². The molecule has 4 aromatic heterocycles. The van der Waals surface area contributed by atoms with Crippen molar-refractivity contribution in [3.05, 3.63) is 164 Å².